The minimum atomic E-state index is -1.15. The lowest BCUT2D eigenvalue weighted by molar-refractivity contribution is -0.141. The Kier molecular flexibility index (Phi) is 4.95. The van der Waals surface area contributed by atoms with Gasteiger partial charge >= 0.3 is 5.97 Å². The van der Waals surface area contributed by atoms with Crippen molar-refractivity contribution in [3.63, 3.8) is 0 Å². The Morgan fingerprint density at radius 1 is 1.30 bits per heavy atom. The quantitative estimate of drug-likeness (QED) is 0.724. The maximum Gasteiger partial charge on any atom is 0.325 e. The molecule has 8 nitrogen and oxygen atoms in total. The molecular weight excluding hydrogens is 302 g/mol. The van der Waals surface area contributed by atoms with Crippen molar-refractivity contribution in [3.05, 3.63) is 24.3 Å². The average molecular weight is 319 g/mol. The Morgan fingerprint density at radius 3 is 2.70 bits per heavy atom. The zero-order valence-corrected chi connectivity index (χ0v) is 12.5. The number of fused-ring (bicyclic) bond motifs is 1. The van der Waals surface area contributed by atoms with Crippen molar-refractivity contribution in [2.24, 2.45) is 0 Å². The number of aliphatic carboxylic acids is 1. The largest absolute Gasteiger partial charge is 0.480 e. The second-order valence-electron chi connectivity index (χ2n) is 5.17. The Bertz CT molecular complexity index is 658. The summed E-state index contributed by atoms with van der Waals surface area (Å²) in [4.78, 5) is 47.5. The molecule has 8 heteroatoms. The van der Waals surface area contributed by atoms with Gasteiger partial charge in [-0.25, -0.2) is 0 Å². The predicted molar refractivity (Wildman–Crippen MR) is 81.9 cm³/mol. The Labute approximate surface area is 132 Å². The molecule has 3 amide bonds. The number of carbonyl (C=O) groups is 4. The number of nitrogens with one attached hydrogen (secondary N) is 2. The van der Waals surface area contributed by atoms with E-state index in [1.807, 2.05) is 0 Å². The van der Waals surface area contributed by atoms with E-state index in [1.54, 1.807) is 24.3 Å². The maximum atomic E-state index is 12.3. The first kappa shape index (κ1) is 16.5. The molecular formula is C15H17N3O5. The van der Waals surface area contributed by atoms with Gasteiger partial charge in [0.1, 0.15) is 12.6 Å². The lowest BCUT2D eigenvalue weighted by Gasteiger charge is -2.29. The number of rotatable bonds is 5. The first-order valence-electron chi connectivity index (χ1n) is 7.10. The van der Waals surface area contributed by atoms with Gasteiger partial charge in [-0.05, 0) is 19.1 Å². The van der Waals surface area contributed by atoms with E-state index in [2.05, 4.69) is 10.6 Å². The van der Waals surface area contributed by atoms with Crippen molar-refractivity contribution in [2.75, 3.05) is 16.8 Å². The van der Waals surface area contributed by atoms with Gasteiger partial charge in [0.15, 0.2) is 0 Å². The SMILES string of the molecule is CC(NC(=O)CCC(=O)N1CC(=O)Nc2ccccc21)C(=O)O. The molecule has 0 aliphatic carbocycles. The van der Waals surface area contributed by atoms with E-state index in [0.717, 1.165) is 0 Å². The highest BCUT2D eigenvalue weighted by Gasteiger charge is 2.26. The van der Waals surface area contributed by atoms with Gasteiger partial charge in [-0.2, -0.15) is 0 Å². The van der Waals surface area contributed by atoms with Gasteiger partial charge in [0.25, 0.3) is 0 Å². The highest BCUT2D eigenvalue weighted by molar-refractivity contribution is 6.10. The molecule has 0 saturated carbocycles. The van der Waals surface area contributed by atoms with Crippen LogP contribution < -0.4 is 15.5 Å². The van der Waals surface area contributed by atoms with Crippen LogP contribution in [0, 0.1) is 0 Å². The number of carbonyl (C=O) groups excluding carboxylic acids is 3. The summed E-state index contributed by atoms with van der Waals surface area (Å²) in [5, 5.41) is 13.7. The fraction of sp³-hybridized carbons (Fsp3) is 0.333. The zero-order chi connectivity index (χ0) is 17.0. The average Bonchev–Trinajstić information content (AvgIpc) is 2.51. The van der Waals surface area contributed by atoms with E-state index >= 15 is 0 Å². The molecule has 0 aromatic heterocycles. The number of nitrogens with zero attached hydrogens (tertiary/aromatic N) is 1. The van der Waals surface area contributed by atoms with Crippen LogP contribution in [0.5, 0.6) is 0 Å². The van der Waals surface area contributed by atoms with Gasteiger partial charge in [-0.15, -0.1) is 0 Å². The highest BCUT2D eigenvalue weighted by atomic mass is 16.4. The van der Waals surface area contributed by atoms with Gasteiger partial charge in [0.05, 0.1) is 11.4 Å². The number of anilines is 2. The fourth-order valence-electron chi connectivity index (χ4n) is 2.19. The molecule has 0 spiro atoms. The lowest BCUT2D eigenvalue weighted by atomic mass is 10.1. The molecule has 1 unspecified atom stereocenters. The minimum absolute atomic E-state index is 0.108. The van der Waals surface area contributed by atoms with Crippen LogP contribution in [0.1, 0.15) is 19.8 Å². The molecule has 0 radical (unpaired) electrons. The van der Waals surface area contributed by atoms with E-state index in [1.165, 1.54) is 11.8 Å². The number of hydrogen-bond donors (Lipinski definition) is 3. The monoisotopic (exact) mass is 319 g/mol. The van der Waals surface area contributed by atoms with Crippen molar-refractivity contribution in [1.29, 1.82) is 0 Å². The molecule has 1 atom stereocenters. The molecule has 1 heterocycles. The zero-order valence-electron chi connectivity index (χ0n) is 12.5. The molecule has 0 fully saturated rings. The summed E-state index contributed by atoms with van der Waals surface area (Å²) in [5.74, 6) is -2.35. The third kappa shape index (κ3) is 4.06. The Balaban J connectivity index is 1.97. The highest BCUT2D eigenvalue weighted by Crippen LogP contribution is 2.29. The van der Waals surface area contributed by atoms with Crippen LogP contribution in [0.25, 0.3) is 0 Å². The van der Waals surface area contributed by atoms with Crippen LogP contribution in [0.2, 0.25) is 0 Å². The molecule has 3 N–H and O–H groups in total. The van der Waals surface area contributed by atoms with E-state index in [4.69, 9.17) is 5.11 Å². The summed E-state index contributed by atoms with van der Waals surface area (Å²) in [6.45, 7) is 1.23. The van der Waals surface area contributed by atoms with Crippen LogP contribution in [0.15, 0.2) is 24.3 Å². The summed E-state index contributed by atoms with van der Waals surface area (Å²) in [5.41, 5.74) is 1.12. The second kappa shape index (κ2) is 6.91. The second-order valence-corrected chi connectivity index (χ2v) is 5.17. The number of carboxylic acid groups (broad SMARTS) is 1. The molecule has 0 bridgehead atoms. The standard InChI is InChI=1S/C15H17N3O5/c1-9(15(22)23)16-12(19)6-7-14(21)18-8-13(20)17-10-4-2-3-5-11(10)18/h2-5,9H,6-8H2,1H3,(H,16,19)(H,17,20)(H,22,23). The van der Waals surface area contributed by atoms with Crippen molar-refractivity contribution in [2.45, 2.75) is 25.8 Å². The number of amides is 3. The summed E-state index contributed by atoms with van der Waals surface area (Å²) >= 11 is 0. The topological polar surface area (TPSA) is 116 Å². The van der Waals surface area contributed by atoms with Gasteiger partial charge in [-0.3, -0.25) is 19.2 Å². The molecule has 1 aliphatic rings. The number of hydrogen-bond acceptors (Lipinski definition) is 4. The van der Waals surface area contributed by atoms with Crippen LogP contribution in [0.3, 0.4) is 0 Å². The number of para-hydroxylation sites is 2. The maximum absolute atomic E-state index is 12.3. The van der Waals surface area contributed by atoms with Crippen molar-refractivity contribution < 1.29 is 24.3 Å². The predicted octanol–water partition coefficient (Wildman–Crippen LogP) is 0.341. The molecule has 23 heavy (non-hydrogen) atoms. The van der Waals surface area contributed by atoms with Crippen molar-refractivity contribution in [3.8, 4) is 0 Å². The summed E-state index contributed by atoms with van der Waals surface area (Å²) in [7, 11) is 0. The van der Waals surface area contributed by atoms with E-state index in [9.17, 15) is 19.2 Å². The molecule has 1 aromatic carbocycles. The van der Waals surface area contributed by atoms with Gasteiger partial charge < -0.3 is 20.6 Å². The van der Waals surface area contributed by atoms with E-state index in [-0.39, 0.29) is 31.2 Å². The lowest BCUT2D eigenvalue weighted by Crippen LogP contribution is -2.43. The Hall–Kier alpha value is -2.90. The third-order valence-corrected chi connectivity index (χ3v) is 3.39. The van der Waals surface area contributed by atoms with E-state index in [0.29, 0.717) is 11.4 Å². The molecule has 1 aromatic rings. The summed E-state index contributed by atoms with van der Waals surface area (Å²) < 4.78 is 0. The minimum Gasteiger partial charge on any atom is -0.480 e. The Morgan fingerprint density at radius 2 is 2.00 bits per heavy atom. The number of carboxylic acids is 1. The van der Waals surface area contributed by atoms with Crippen LogP contribution in [-0.4, -0.2) is 41.4 Å². The first-order chi connectivity index (χ1) is 10.9. The molecule has 2 rings (SSSR count). The van der Waals surface area contributed by atoms with Crippen LogP contribution >= 0.6 is 0 Å². The molecule has 1 aliphatic heterocycles. The fourth-order valence-corrected chi connectivity index (χ4v) is 2.19. The van der Waals surface area contributed by atoms with Crippen LogP contribution in [0.4, 0.5) is 11.4 Å². The van der Waals surface area contributed by atoms with Crippen LogP contribution in [-0.2, 0) is 19.2 Å². The third-order valence-electron chi connectivity index (χ3n) is 3.39. The number of benzene rings is 1. The molecule has 0 saturated heterocycles. The normalized spacial score (nSPS) is 14.5. The van der Waals surface area contributed by atoms with Gasteiger partial charge in [0, 0.05) is 12.8 Å². The van der Waals surface area contributed by atoms with Gasteiger partial charge in [-0.1, -0.05) is 12.1 Å². The van der Waals surface area contributed by atoms with Crippen molar-refractivity contribution in [1.82, 2.24) is 5.32 Å². The van der Waals surface area contributed by atoms with Gasteiger partial charge in [0.2, 0.25) is 17.7 Å². The molecule has 122 valence electrons. The van der Waals surface area contributed by atoms with E-state index < -0.39 is 17.9 Å². The smallest absolute Gasteiger partial charge is 0.325 e. The van der Waals surface area contributed by atoms with Crippen molar-refractivity contribution >= 4 is 35.1 Å². The first-order valence-corrected chi connectivity index (χ1v) is 7.10. The summed E-state index contributed by atoms with van der Waals surface area (Å²) in [6.07, 6.45) is -0.253. The summed E-state index contributed by atoms with van der Waals surface area (Å²) in [6, 6.07) is 5.87.